The van der Waals surface area contributed by atoms with Crippen LogP contribution in [-0.4, -0.2) is 17.6 Å². The summed E-state index contributed by atoms with van der Waals surface area (Å²) in [6, 6.07) is 7.91. The van der Waals surface area contributed by atoms with Gasteiger partial charge in [0.25, 0.3) is 5.91 Å². The molecule has 1 saturated carbocycles. The molecule has 0 saturated heterocycles. The third-order valence-corrected chi connectivity index (χ3v) is 6.82. The first-order chi connectivity index (χ1) is 10.6. The Morgan fingerprint density at radius 3 is 2.73 bits per heavy atom. The molecule has 0 bridgehead atoms. The fraction of sp³-hybridized carbons (Fsp3) is 0.471. The van der Waals surface area contributed by atoms with Gasteiger partial charge in [-0.05, 0) is 43.3 Å². The Bertz CT molecular complexity index is 625. The molecule has 1 amide bonds. The molecule has 2 aromatic rings. The number of rotatable bonds is 5. The molecule has 0 aromatic carbocycles. The average Bonchev–Trinajstić information content (AvgIpc) is 3.24. The van der Waals surface area contributed by atoms with E-state index in [-0.39, 0.29) is 11.3 Å². The zero-order valence-corrected chi connectivity index (χ0v) is 14.3. The summed E-state index contributed by atoms with van der Waals surface area (Å²) in [6.07, 6.45) is 4.21. The molecule has 1 fully saturated rings. The first-order valence-corrected chi connectivity index (χ1v) is 9.40. The van der Waals surface area contributed by atoms with Crippen LogP contribution in [-0.2, 0) is 5.41 Å². The summed E-state index contributed by atoms with van der Waals surface area (Å²) in [5.74, 6) is 0.0218. The molecule has 3 nitrogen and oxygen atoms in total. The van der Waals surface area contributed by atoms with E-state index >= 15 is 0 Å². The summed E-state index contributed by atoms with van der Waals surface area (Å²) >= 11 is 3.16. The number of aliphatic hydroxyl groups is 1. The monoisotopic (exact) mass is 335 g/mol. The van der Waals surface area contributed by atoms with Gasteiger partial charge in [-0.25, -0.2) is 0 Å². The molecule has 1 aliphatic rings. The van der Waals surface area contributed by atoms with Gasteiger partial charge in [-0.3, -0.25) is 4.79 Å². The summed E-state index contributed by atoms with van der Waals surface area (Å²) in [6.45, 7) is 2.49. The molecule has 1 aliphatic carbocycles. The average molecular weight is 335 g/mol. The summed E-state index contributed by atoms with van der Waals surface area (Å²) in [5, 5.41) is 14.8. The summed E-state index contributed by atoms with van der Waals surface area (Å²) in [5.41, 5.74) is 0.0464. The smallest absolute Gasteiger partial charge is 0.261 e. The largest absolute Gasteiger partial charge is 0.388 e. The van der Waals surface area contributed by atoms with E-state index in [1.807, 2.05) is 23.6 Å². The summed E-state index contributed by atoms with van der Waals surface area (Å²) in [4.78, 5) is 15.3. The molecule has 2 N–H and O–H groups in total. The fourth-order valence-corrected chi connectivity index (χ4v) is 5.00. The lowest BCUT2D eigenvalue weighted by molar-refractivity contribution is 0.0947. The number of hydrogen-bond donors (Lipinski definition) is 2. The Balaban J connectivity index is 1.75. The van der Waals surface area contributed by atoms with E-state index in [0.29, 0.717) is 6.54 Å². The van der Waals surface area contributed by atoms with Crippen LogP contribution in [0.1, 0.15) is 58.1 Å². The topological polar surface area (TPSA) is 49.3 Å². The van der Waals surface area contributed by atoms with Crippen molar-refractivity contribution in [2.45, 2.75) is 44.1 Å². The van der Waals surface area contributed by atoms with Crippen LogP contribution >= 0.6 is 22.7 Å². The predicted octanol–water partition coefficient (Wildman–Crippen LogP) is 4.10. The van der Waals surface area contributed by atoms with E-state index in [9.17, 15) is 9.90 Å². The van der Waals surface area contributed by atoms with Gasteiger partial charge in [0.1, 0.15) is 0 Å². The fourth-order valence-electron chi connectivity index (χ4n) is 3.17. The lowest BCUT2D eigenvalue weighted by Gasteiger charge is -2.28. The van der Waals surface area contributed by atoms with Crippen molar-refractivity contribution >= 4 is 28.6 Å². The molecule has 3 rings (SSSR count). The van der Waals surface area contributed by atoms with Crippen molar-refractivity contribution in [3.63, 3.8) is 0 Å². The highest BCUT2D eigenvalue weighted by Gasteiger charge is 2.37. The normalized spacial score (nSPS) is 18.3. The number of amides is 1. The van der Waals surface area contributed by atoms with Crippen LogP contribution in [0.3, 0.4) is 0 Å². The van der Waals surface area contributed by atoms with Crippen molar-refractivity contribution in [2.24, 2.45) is 0 Å². The molecule has 2 aromatic heterocycles. The van der Waals surface area contributed by atoms with E-state index in [1.165, 1.54) is 29.1 Å². The van der Waals surface area contributed by atoms with Crippen molar-refractivity contribution < 1.29 is 9.90 Å². The Labute approximate surface area is 139 Å². The minimum Gasteiger partial charge on any atom is -0.388 e. The Morgan fingerprint density at radius 1 is 1.36 bits per heavy atom. The van der Waals surface area contributed by atoms with Crippen molar-refractivity contribution in [3.8, 4) is 0 Å². The van der Waals surface area contributed by atoms with Crippen LogP contribution in [0.15, 0.2) is 29.6 Å². The highest BCUT2D eigenvalue weighted by atomic mass is 32.1. The minimum absolute atomic E-state index is 0.0218. The molecular weight excluding hydrogens is 314 g/mol. The second-order valence-corrected chi connectivity index (χ2v) is 8.09. The van der Waals surface area contributed by atoms with Crippen LogP contribution in [0, 0.1) is 0 Å². The quantitative estimate of drug-likeness (QED) is 0.864. The maximum absolute atomic E-state index is 12.2. The number of thiophene rings is 2. The number of nitrogens with one attached hydrogen (secondary N) is 1. The van der Waals surface area contributed by atoms with Gasteiger partial charge in [-0.15, -0.1) is 22.7 Å². The van der Waals surface area contributed by atoms with Crippen molar-refractivity contribution in [1.82, 2.24) is 5.32 Å². The maximum atomic E-state index is 12.2. The van der Waals surface area contributed by atoms with Crippen LogP contribution < -0.4 is 5.32 Å². The van der Waals surface area contributed by atoms with Crippen LogP contribution in [0.2, 0.25) is 0 Å². The Hall–Kier alpha value is -1.17. The van der Waals surface area contributed by atoms with Crippen LogP contribution in [0.4, 0.5) is 0 Å². The molecule has 0 unspecified atom stereocenters. The second kappa shape index (κ2) is 6.52. The Kier molecular flexibility index (Phi) is 4.66. The zero-order chi connectivity index (χ0) is 15.6. The first kappa shape index (κ1) is 15.7. The van der Waals surface area contributed by atoms with Crippen molar-refractivity contribution in [3.05, 3.63) is 44.3 Å². The lowest BCUT2D eigenvalue weighted by atomic mass is 9.84. The van der Waals surface area contributed by atoms with Crippen LogP contribution in [0.25, 0.3) is 0 Å². The third kappa shape index (κ3) is 3.12. The van der Waals surface area contributed by atoms with E-state index < -0.39 is 6.10 Å². The van der Waals surface area contributed by atoms with Gasteiger partial charge in [0.05, 0.1) is 11.0 Å². The van der Waals surface area contributed by atoms with Gasteiger partial charge >= 0.3 is 0 Å². The number of hydrogen-bond acceptors (Lipinski definition) is 4. The number of carbonyl (C=O) groups is 1. The van der Waals surface area contributed by atoms with Gasteiger partial charge in [0, 0.05) is 21.7 Å². The third-order valence-electron chi connectivity index (χ3n) is 4.45. The van der Waals surface area contributed by atoms with E-state index in [0.717, 1.165) is 22.6 Å². The number of aliphatic hydroxyl groups excluding tert-OH is 1. The predicted molar refractivity (Wildman–Crippen MR) is 91.8 cm³/mol. The summed E-state index contributed by atoms with van der Waals surface area (Å²) < 4.78 is 0. The standard InChI is InChI=1S/C17H21NO2S2/c1-12(19)13-6-7-15(22-13)17(8-2-3-9-17)11-18-16(20)14-5-4-10-21-14/h4-7,10,12,19H,2-3,8-9,11H2,1H3,(H,18,20)/t12-/m1/s1. The van der Waals surface area contributed by atoms with Gasteiger partial charge < -0.3 is 10.4 Å². The van der Waals surface area contributed by atoms with Gasteiger partial charge in [0.15, 0.2) is 0 Å². The highest BCUT2D eigenvalue weighted by Crippen LogP contribution is 2.44. The molecule has 1 atom stereocenters. The second-order valence-electron chi connectivity index (χ2n) is 6.03. The molecule has 0 radical (unpaired) electrons. The van der Waals surface area contributed by atoms with E-state index in [2.05, 4.69) is 11.4 Å². The van der Waals surface area contributed by atoms with Gasteiger partial charge in [-0.1, -0.05) is 18.9 Å². The minimum atomic E-state index is -0.419. The number of carbonyl (C=O) groups excluding carboxylic acids is 1. The van der Waals surface area contributed by atoms with E-state index in [4.69, 9.17) is 0 Å². The van der Waals surface area contributed by atoms with Crippen molar-refractivity contribution in [2.75, 3.05) is 6.54 Å². The van der Waals surface area contributed by atoms with Crippen LogP contribution in [0.5, 0.6) is 0 Å². The Morgan fingerprint density at radius 2 is 2.14 bits per heavy atom. The maximum Gasteiger partial charge on any atom is 0.261 e. The molecule has 2 heterocycles. The van der Waals surface area contributed by atoms with E-state index in [1.54, 1.807) is 18.3 Å². The molecule has 22 heavy (non-hydrogen) atoms. The summed E-state index contributed by atoms with van der Waals surface area (Å²) in [7, 11) is 0. The molecule has 0 spiro atoms. The molecule has 5 heteroatoms. The van der Waals surface area contributed by atoms with Gasteiger partial charge in [0.2, 0.25) is 0 Å². The SMILES string of the molecule is C[C@@H](O)c1ccc(C2(CNC(=O)c3cccs3)CCCC2)s1. The zero-order valence-electron chi connectivity index (χ0n) is 12.7. The van der Waals surface area contributed by atoms with Gasteiger partial charge in [-0.2, -0.15) is 0 Å². The lowest BCUT2D eigenvalue weighted by Crippen LogP contribution is -2.38. The molecule has 118 valence electrons. The molecular formula is C17H21NO2S2. The molecule has 0 aliphatic heterocycles. The first-order valence-electron chi connectivity index (χ1n) is 7.71. The highest BCUT2D eigenvalue weighted by molar-refractivity contribution is 7.12. The van der Waals surface area contributed by atoms with Crippen molar-refractivity contribution in [1.29, 1.82) is 0 Å².